The topological polar surface area (TPSA) is 123 Å². The maximum atomic E-state index is 9.80. The first-order chi connectivity index (χ1) is 7.08. The number of carboxylic acid groups (broad SMARTS) is 1. The van der Waals surface area contributed by atoms with Crippen molar-refractivity contribution < 1.29 is 39.1 Å². The van der Waals surface area contributed by atoms with Crippen LogP contribution in [-0.2, 0) is 14.2 Å². The highest BCUT2D eigenvalue weighted by Gasteiger charge is 2.05. The van der Waals surface area contributed by atoms with Crippen LogP contribution in [0.5, 0.6) is 0 Å². The van der Waals surface area contributed by atoms with E-state index in [0.717, 1.165) is 7.11 Å². The quantitative estimate of drug-likeness (QED) is 0.331. The molecule has 8 nitrogen and oxygen atoms in total. The zero-order valence-corrected chi connectivity index (χ0v) is 8.21. The van der Waals surface area contributed by atoms with Crippen LogP contribution < -0.4 is 0 Å². The van der Waals surface area contributed by atoms with Crippen LogP contribution in [0.3, 0.4) is 0 Å². The summed E-state index contributed by atoms with van der Waals surface area (Å²) in [5, 5.41) is 23.9. The van der Waals surface area contributed by atoms with Gasteiger partial charge in [-0.05, 0) is 0 Å². The van der Waals surface area contributed by atoms with Crippen molar-refractivity contribution in [1.29, 1.82) is 0 Å². The van der Waals surface area contributed by atoms with Crippen molar-refractivity contribution in [3.63, 3.8) is 0 Å². The summed E-state index contributed by atoms with van der Waals surface area (Å²) < 4.78 is 11.9. The van der Waals surface area contributed by atoms with E-state index in [1.807, 2.05) is 0 Å². The Bertz CT molecular complexity index is 164. The zero-order chi connectivity index (χ0) is 12.1. The molecule has 8 heteroatoms. The summed E-state index contributed by atoms with van der Waals surface area (Å²) in [6.07, 6.45) is -2.89. The molecule has 3 N–H and O–H groups in total. The van der Waals surface area contributed by atoms with Gasteiger partial charge in [-0.2, -0.15) is 0 Å². The maximum absolute atomic E-state index is 9.80. The molecule has 0 radical (unpaired) electrons. The van der Waals surface area contributed by atoms with Gasteiger partial charge in [-0.3, -0.25) is 0 Å². The number of hydrogen-bond acceptors (Lipinski definition) is 7. The maximum Gasteiger partial charge on any atom is 0.518 e. The molecule has 0 aromatic heterocycles. The Kier molecular flexibility index (Phi) is 13.5. The molecule has 0 aliphatic rings. The molecule has 0 unspecified atom stereocenters. The Balaban J connectivity index is 0. The van der Waals surface area contributed by atoms with Crippen molar-refractivity contribution in [2.24, 2.45) is 0 Å². The van der Waals surface area contributed by atoms with Gasteiger partial charge in [-0.25, -0.2) is 9.59 Å². The minimum absolute atomic E-state index is 0.0278. The molecule has 0 bridgehead atoms. The number of aliphatic hydroxyl groups is 2. The van der Waals surface area contributed by atoms with Gasteiger partial charge in [0.05, 0.1) is 33.5 Å². The Morgan fingerprint density at radius 2 is 1.60 bits per heavy atom. The number of aliphatic hydroxyl groups excluding tert-OH is 2. The molecule has 0 amide bonds. The molecular weight excluding hydrogens is 212 g/mol. The summed E-state index contributed by atoms with van der Waals surface area (Å²) in [4.78, 5) is 19.2. The van der Waals surface area contributed by atoms with E-state index in [-0.39, 0.29) is 13.2 Å². The van der Waals surface area contributed by atoms with E-state index in [1.165, 1.54) is 0 Å². The van der Waals surface area contributed by atoms with Crippen molar-refractivity contribution in [2.75, 3.05) is 33.5 Å². The van der Waals surface area contributed by atoms with Gasteiger partial charge in [-0.15, -0.1) is 0 Å². The Morgan fingerprint density at radius 3 is 1.80 bits per heavy atom. The predicted molar refractivity (Wildman–Crippen MR) is 46.5 cm³/mol. The second-order valence-corrected chi connectivity index (χ2v) is 1.88. The second kappa shape index (κ2) is 12.6. The molecule has 0 aliphatic heterocycles. The summed E-state index contributed by atoms with van der Waals surface area (Å²) >= 11 is 0. The molecule has 0 aromatic carbocycles. The molecule has 0 aliphatic carbocycles. The van der Waals surface area contributed by atoms with Crippen molar-refractivity contribution in [1.82, 2.24) is 0 Å². The average Bonchev–Trinajstić information content (AvgIpc) is 2.18. The van der Waals surface area contributed by atoms with Gasteiger partial charge in [-0.1, -0.05) is 0 Å². The van der Waals surface area contributed by atoms with E-state index in [2.05, 4.69) is 14.2 Å². The highest BCUT2D eigenvalue weighted by Crippen LogP contribution is 1.80. The highest BCUT2D eigenvalue weighted by atomic mass is 16.8. The van der Waals surface area contributed by atoms with Gasteiger partial charge in [0.2, 0.25) is 0 Å². The Hall–Kier alpha value is -1.38. The molecule has 0 spiro atoms. The largest absolute Gasteiger partial charge is 0.518 e. The summed E-state index contributed by atoms with van der Waals surface area (Å²) in [5.74, 6) is 0. The molecule has 90 valence electrons. The Labute approximate surface area is 86.0 Å². The lowest BCUT2D eigenvalue weighted by Crippen LogP contribution is -2.08. The first-order valence-electron chi connectivity index (χ1n) is 3.86. The van der Waals surface area contributed by atoms with Crippen LogP contribution in [0.1, 0.15) is 0 Å². The fourth-order valence-electron chi connectivity index (χ4n) is 0.344. The first-order valence-corrected chi connectivity index (χ1v) is 3.86. The van der Waals surface area contributed by atoms with E-state index in [4.69, 9.17) is 15.3 Å². The van der Waals surface area contributed by atoms with E-state index in [9.17, 15) is 9.59 Å². The first kappa shape index (κ1) is 16.1. The molecule has 15 heavy (non-hydrogen) atoms. The van der Waals surface area contributed by atoms with Crippen LogP contribution in [0.15, 0.2) is 0 Å². The monoisotopic (exact) mass is 226 g/mol. The van der Waals surface area contributed by atoms with Crippen LogP contribution in [0.25, 0.3) is 0 Å². The molecule has 0 aromatic rings. The van der Waals surface area contributed by atoms with Gasteiger partial charge < -0.3 is 29.5 Å². The molecule has 0 atom stereocenters. The van der Waals surface area contributed by atoms with Crippen molar-refractivity contribution >= 4 is 12.3 Å². The number of methoxy groups -OCH3 is 1. The lowest BCUT2D eigenvalue weighted by molar-refractivity contribution is 0.0649. The molecule has 0 fully saturated rings. The molecule has 0 saturated heterocycles. The third kappa shape index (κ3) is 19.2. The van der Waals surface area contributed by atoms with Crippen LogP contribution >= 0.6 is 0 Å². The minimum Gasteiger partial charge on any atom is -0.449 e. The Morgan fingerprint density at radius 1 is 1.13 bits per heavy atom. The average molecular weight is 226 g/mol. The molecule has 0 heterocycles. The second-order valence-electron chi connectivity index (χ2n) is 1.88. The third-order valence-corrected chi connectivity index (χ3v) is 0.809. The lowest BCUT2D eigenvalue weighted by atomic mass is 10.7. The van der Waals surface area contributed by atoms with E-state index < -0.39 is 12.3 Å². The smallest absolute Gasteiger partial charge is 0.449 e. The SMILES string of the molecule is COC(=O)OC(=O)O.OCCOCCO. The third-order valence-electron chi connectivity index (χ3n) is 0.809. The minimum atomic E-state index is -1.67. The van der Waals surface area contributed by atoms with Crippen LogP contribution in [0.2, 0.25) is 0 Å². The lowest BCUT2D eigenvalue weighted by Gasteiger charge is -1.94. The normalized spacial score (nSPS) is 8.47. The zero-order valence-electron chi connectivity index (χ0n) is 8.21. The van der Waals surface area contributed by atoms with E-state index in [0.29, 0.717) is 13.2 Å². The van der Waals surface area contributed by atoms with E-state index >= 15 is 0 Å². The number of hydrogen-bond donors (Lipinski definition) is 3. The predicted octanol–water partition coefficient (Wildman–Crippen LogP) is -0.565. The van der Waals surface area contributed by atoms with Crippen LogP contribution in [0, 0.1) is 0 Å². The van der Waals surface area contributed by atoms with E-state index in [1.54, 1.807) is 0 Å². The number of carbonyl (C=O) groups is 2. The van der Waals surface area contributed by atoms with Crippen molar-refractivity contribution in [3.05, 3.63) is 0 Å². The standard InChI is InChI=1S/C4H10O3.C3H4O5/c5-1-3-7-4-2-6;1-7-3(6)8-2(4)5/h5-6H,1-4H2;1H3,(H,4,5). The summed E-state index contributed by atoms with van der Waals surface area (Å²) in [6, 6.07) is 0. The summed E-state index contributed by atoms with van der Waals surface area (Å²) in [5.41, 5.74) is 0. The number of carbonyl (C=O) groups excluding carboxylic acids is 1. The highest BCUT2D eigenvalue weighted by molar-refractivity contribution is 5.75. The van der Waals surface area contributed by atoms with Crippen molar-refractivity contribution in [2.45, 2.75) is 0 Å². The fourth-order valence-corrected chi connectivity index (χ4v) is 0.344. The van der Waals surface area contributed by atoms with Gasteiger partial charge in [0, 0.05) is 0 Å². The fraction of sp³-hybridized carbons (Fsp3) is 0.714. The number of rotatable bonds is 4. The molecule has 0 saturated carbocycles. The molecule has 0 rings (SSSR count). The van der Waals surface area contributed by atoms with Gasteiger partial charge in [0.1, 0.15) is 0 Å². The van der Waals surface area contributed by atoms with Gasteiger partial charge in [0.15, 0.2) is 0 Å². The van der Waals surface area contributed by atoms with Crippen LogP contribution in [0.4, 0.5) is 9.59 Å². The van der Waals surface area contributed by atoms with Crippen LogP contribution in [-0.4, -0.2) is 61.2 Å². The summed E-state index contributed by atoms with van der Waals surface area (Å²) in [7, 11) is 1.02. The number of ether oxygens (including phenoxy) is 3. The molecular formula is C7H14O8. The van der Waals surface area contributed by atoms with Crippen molar-refractivity contribution in [3.8, 4) is 0 Å². The van der Waals surface area contributed by atoms with Gasteiger partial charge >= 0.3 is 12.3 Å². The summed E-state index contributed by atoms with van der Waals surface area (Å²) in [6.45, 7) is 0.696. The van der Waals surface area contributed by atoms with Gasteiger partial charge in [0.25, 0.3) is 0 Å².